The lowest BCUT2D eigenvalue weighted by molar-refractivity contribution is -0.140. The number of hydrogen-bond donors (Lipinski definition) is 1. The van der Waals surface area contributed by atoms with Gasteiger partial charge in [-0.2, -0.15) is 0 Å². The first kappa shape index (κ1) is 32.8. The largest absolute Gasteiger partial charge is 0.355 e. The van der Waals surface area contributed by atoms with Crippen molar-refractivity contribution in [3.63, 3.8) is 0 Å². The average Bonchev–Trinajstić information content (AvgIpc) is 3.03. The zero-order valence-corrected chi connectivity index (χ0v) is 26.6. The molecule has 2 amide bonds. The summed E-state index contributed by atoms with van der Waals surface area (Å²) in [5.41, 5.74) is 2.22. The molecule has 4 rings (SSSR count). The van der Waals surface area contributed by atoms with Crippen LogP contribution >= 0.6 is 11.8 Å². The van der Waals surface area contributed by atoms with Crippen LogP contribution in [0.25, 0.3) is 0 Å². The number of carbonyl (C=O) groups is 2. The zero-order valence-electron chi connectivity index (χ0n) is 24.9. The summed E-state index contributed by atoms with van der Waals surface area (Å²) in [6, 6.07) is 27.5. The molecule has 0 radical (unpaired) electrons. The van der Waals surface area contributed by atoms with Gasteiger partial charge in [0.15, 0.2) is 0 Å². The highest BCUT2D eigenvalue weighted by Crippen LogP contribution is 2.27. The van der Waals surface area contributed by atoms with E-state index in [0.29, 0.717) is 12.2 Å². The van der Waals surface area contributed by atoms with E-state index in [4.69, 9.17) is 0 Å². The monoisotopic (exact) mass is 633 g/mol. The van der Waals surface area contributed by atoms with E-state index in [0.717, 1.165) is 20.3 Å². The predicted molar refractivity (Wildman–Crippen MR) is 174 cm³/mol. The molecule has 44 heavy (non-hydrogen) atoms. The molecule has 0 aliphatic rings. The first-order valence-electron chi connectivity index (χ1n) is 14.2. The van der Waals surface area contributed by atoms with Gasteiger partial charge in [0.25, 0.3) is 10.0 Å². The molecule has 1 atom stereocenters. The van der Waals surface area contributed by atoms with Crippen LogP contribution in [0.4, 0.5) is 10.1 Å². The van der Waals surface area contributed by atoms with Gasteiger partial charge < -0.3 is 10.2 Å². The molecule has 0 aliphatic heterocycles. The van der Waals surface area contributed by atoms with Crippen molar-refractivity contribution in [1.82, 2.24) is 10.2 Å². The number of likely N-dealkylation sites (N-methyl/N-ethyl adjacent to an activating group) is 1. The molecule has 0 aliphatic carbocycles. The second kappa shape index (κ2) is 15.0. The van der Waals surface area contributed by atoms with Crippen LogP contribution in [0, 0.1) is 12.7 Å². The number of rotatable bonds is 13. The molecular weight excluding hydrogens is 598 g/mol. The second-order valence-corrected chi connectivity index (χ2v) is 13.0. The van der Waals surface area contributed by atoms with Crippen molar-refractivity contribution in [3.05, 3.63) is 126 Å². The predicted octanol–water partition coefficient (Wildman–Crippen LogP) is 5.83. The van der Waals surface area contributed by atoms with Gasteiger partial charge in [-0.1, -0.05) is 66.2 Å². The minimum absolute atomic E-state index is 0.0221. The van der Waals surface area contributed by atoms with Crippen LogP contribution in [0.1, 0.15) is 23.6 Å². The molecule has 0 aromatic heterocycles. The lowest BCUT2D eigenvalue weighted by atomic mass is 10.0. The van der Waals surface area contributed by atoms with Crippen LogP contribution in [0.3, 0.4) is 0 Å². The van der Waals surface area contributed by atoms with Crippen molar-refractivity contribution in [3.8, 4) is 0 Å². The van der Waals surface area contributed by atoms with Gasteiger partial charge in [0.2, 0.25) is 11.8 Å². The molecule has 1 N–H and O–H groups in total. The molecule has 4 aromatic rings. The zero-order chi connectivity index (χ0) is 31.7. The van der Waals surface area contributed by atoms with Crippen molar-refractivity contribution >= 4 is 39.3 Å². The highest BCUT2D eigenvalue weighted by Gasteiger charge is 2.34. The van der Waals surface area contributed by atoms with E-state index in [1.807, 2.05) is 43.5 Å². The third kappa shape index (κ3) is 8.06. The average molecular weight is 634 g/mol. The van der Waals surface area contributed by atoms with Crippen LogP contribution in [-0.4, -0.2) is 50.5 Å². The molecule has 0 spiro atoms. The van der Waals surface area contributed by atoms with E-state index in [2.05, 4.69) is 5.32 Å². The Labute approximate surface area is 263 Å². The highest BCUT2D eigenvalue weighted by atomic mass is 32.2. The Morgan fingerprint density at radius 3 is 2.14 bits per heavy atom. The summed E-state index contributed by atoms with van der Waals surface area (Å²) < 4.78 is 44.2. The molecule has 0 saturated carbocycles. The quantitative estimate of drug-likeness (QED) is 0.187. The molecule has 0 heterocycles. The van der Waals surface area contributed by atoms with Crippen molar-refractivity contribution in [2.45, 2.75) is 42.6 Å². The normalized spacial score (nSPS) is 11.9. The summed E-state index contributed by atoms with van der Waals surface area (Å²) >= 11 is 1.48. The first-order chi connectivity index (χ1) is 21.1. The molecule has 0 fully saturated rings. The maximum atomic E-state index is 14.9. The summed E-state index contributed by atoms with van der Waals surface area (Å²) in [4.78, 5) is 30.0. The van der Waals surface area contributed by atoms with Gasteiger partial charge in [0.1, 0.15) is 18.4 Å². The number of amides is 2. The number of halogens is 1. The summed E-state index contributed by atoms with van der Waals surface area (Å²) in [6.07, 6.45) is 2.05. The van der Waals surface area contributed by atoms with Gasteiger partial charge >= 0.3 is 0 Å². The van der Waals surface area contributed by atoms with E-state index in [-0.39, 0.29) is 23.4 Å². The Bertz CT molecular complexity index is 1670. The molecule has 7 nitrogen and oxygen atoms in total. The van der Waals surface area contributed by atoms with Crippen LogP contribution in [0.5, 0.6) is 0 Å². The Balaban J connectivity index is 1.80. The number of nitrogens with one attached hydrogen (secondary N) is 1. The summed E-state index contributed by atoms with van der Waals surface area (Å²) in [7, 11) is -4.21. The molecule has 10 heteroatoms. The van der Waals surface area contributed by atoms with E-state index in [1.165, 1.54) is 34.9 Å². The number of anilines is 1. The first-order valence-corrected chi connectivity index (χ1v) is 16.9. The van der Waals surface area contributed by atoms with Gasteiger partial charge in [0.05, 0.1) is 10.6 Å². The second-order valence-electron chi connectivity index (χ2n) is 10.2. The standard InChI is InChI=1S/C34H36FN3O4S2/c1-4-36-34(40)32(22-26-10-6-5-7-11-26)37(23-27-12-8-9-13-31(27)35)33(39)24-38(28-16-14-25(2)15-17-28)44(41,42)30-20-18-29(43-3)19-21-30/h5-21,32H,4,22-24H2,1-3H3,(H,36,40). The van der Waals surface area contributed by atoms with Crippen LogP contribution in [-0.2, 0) is 32.6 Å². The number of benzene rings is 4. The van der Waals surface area contributed by atoms with E-state index in [1.54, 1.807) is 61.5 Å². The maximum Gasteiger partial charge on any atom is 0.264 e. The third-order valence-electron chi connectivity index (χ3n) is 7.17. The van der Waals surface area contributed by atoms with E-state index in [9.17, 15) is 22.4 Å². The van der Waals surface area contributed by atoms with Crippen LogP contribution in [0.15, 0.2) is 113 Å². The van der Waals surface area contributed by atoms with Crippen molar-refractivity contribution in [2.75, 3.05) is 23.7 Å². The van der Waals surface area contributed by atoms with Gasteiger partial charge in [-0.05, 0) is 68.1 Å². The van der Waals surface area contributed by atoms with Gasteiger partial charge in [-0.25, -0.2) is 12.8 Å². The number of thioether (sulfide) groups is 1. The fourth-order valence-corrected chi connectivity index (χ4v) is 6.59. The number of carbonyl (C=O) groups excluding carboxylic acids is 2. The van der Waals surface area contributed by atoms with Gasteiger partial charge in [-0.3, -0.25) is 13.9 Å². The lowest BCUT2D eigenvalue weighted by Gasteiger charge is -2.34. The summed E-state index contributed by atoms with van der Waals surface area (Å²) in [5, 5.41) is 2.80. The number of aryl methyl sites for hydroxylation is 1. The summed E-state index contributed by atoms with van der Waals surface area (Å²) in [5.74, 6) is -1.60. The number of nitrogens with zero attached hydrogens (tertiary/aromatic N) is 2. The van der Waals surface area contributed by atoms with Gasteiger partial charge in [-0.15, -0.1) is 11.8 Å². The molecule has 0 saturated heterocycles. The van der Waals surface area contributed by atoms with E-state index < -0.39 is 40.2 Å². The Kier molecular flexibility index (Phi) is 11.2. The molecule has 1 unspecified atom stereocenters. The Morgan fingerprint density at radius 1 is 0.886 bits per heavy atom. The van der Waals surface area contributed by atoms with Gasteiger partial charge in [0, 0.05) is 30.0 Å². The highest BCUT2D eigenvalue weighted by molar-refractivity contribution is 7.98. The van der Waals surface area contributed by atoms with Crippen molar-refractivity contribution in [2.24, 2.45) is 0 Å². The maximum absolute atomic E-state index is 14.9. The van der Waals surface area contributed by atoms with Crippen LogP contribution in [0.2, 0.25) is 0 Å². The van der Waals surface area contributed by atoms with Crippen molar-refractivity contribution < 1.29 is 22.4 Å². The summed E-state index contributed by atoms with van der Waals surface area (Å²) in [6.45, 7) is 3.14. The molecule has 230 valence electrons. The fourth-order valence-electron chi connectivity index (χ4n) is 4.77. The number of hydrogen-bond acceptors (Lipinski definition) is 5. The smallest absolute Gasteiger partial charge is 0.264 e. The minimum atomic E-state index is -4.21. The SMILES string of the molecule is CCNC(=O)C(Cc1ccccc1)N(Cc1ccccc1F)C(=O)CN(c1ccc(C)cc1)S(=O)(=O)c1ccc(SC)cc1. The third-order valence-corrected chi connectivity index (χ3v) is 9.70. The molecule has 0 bridgehead atoms. The van der Waals surface area contributed by atoms with E-state index >= 15 is 0 Å². The Hall–Kier alpha value is -4.15. The number of sulfonamides is 1. The Morgan fingerprint density at radius 2 is 1.52 bits per heavy atom. The molecule has 4 aromatic carbocycles. The molecular formula is C34H36FN3O4S2. The minimum Gasteiger partial charge on any atom is -0.355 e. The van der Waals surface area contributed by atoms with Crippen LogP contribution < -0.4 is 9.62 Å². The fraction of sp³-hybridized carbons (Fsp3) is 0.235. The topological polar surface area (TPSA) is 86.8 Å². The van der Waals surface area contributed by atoms with Crippen molar-refractivity contribution in [1.29, 1.82) is 0 Å². The lowest BCUT2D eigenvalue weighted by Crippen LogP contribution is -2.53.